The van der Waals surface area contributed by atoms with Crippen LogP contribution in [0.1, 0.15) is 38.2 Å². The number of hydrogen-bond donors (Lipinski definition) is 1. The van der Waals surface area contributed by atoms with Crippen LogP contribution in [-0.2, 0) is 19.2 Å². The Labute approximate surface area is 235 Å². The second kappa shape index (κ2) is 9.16. The number of carbonyl (C=O) groups is 4. The van der Waals surface area contributed by atoms with Crippen LogP contribution >= 0.6 is 11.6 Å². The highest BCUT2D eigenvalue weighted by Gasteiger charge is 2.67. The summed E-state index contributed by atoms with van der Waals surface area (Å²) in [6.07, 6.45) is 2.49. The van der Waals surface area contributed by atoms with Gasteiger partial charge in [-0.2, -0.15) is 0 Å². The number of allylic oxidation sites excluding steroid dienone is 2. The van der Waals surface area contributed by atoms with Crippen molar-refractivity contribution in [2.75, 3.05) is 18.6 Å². The first-order valence-corrected chi connectivity index (χ1v) is 13.7. The first kappa shape index (κ1) is 26.5. The second-order valence-corrected chi connectivity index (χ2v) is 11.5. The van der Waals surface area contributed by atoms with Gasteiger partial charge in [0.15, 0.2) is 11.5 Å². The molecule has 4 amide bonds. The Kier molecular flexibility index (Phi) is 6.07. The molecule has 1 N–H and O–H groups in total. The third kappa shape index (κ3) is 3.43. The lowest BCUT2D eigenvalue weighted by Crippen LogP contribution is -2.48. The van der Waals surface area contributed by atoms with Gasteiger partial charge in [-0.05, 0) is 68.5 Å². The molecule has 0 radical (unpaired) electrons. The van der Waals surface area contributed by atoms with E-state index >= 15 is 0 Å². The molecule has 4 aliphatic rings. The van der Waals surface area contributed by atoms with E-state index in [2.05, 4.69) is 0 Å². The standard InChI is InChI=1S/C30H28ClFN2O6/c1-4-33-26(36)17-8-7-16-18(24(17)28(33)38)13-19-27(37)34(15-6-9-21(32)20(31)12-15)29(39)30(19,2)25(16)14-5-10-23(40-3)22(35)11-14/h5-7,9-12,17-19,24-25,35H,4,8,13H2,1-3H3/t17-,18+,19-,24-,25-,30+/m0/s1. The molecule has 0 unspecified atom stereocenters. The lowest BCUT2D eigenvalue weighted by atomic mass is 9.51. The number of methoxy groups -OCH3 is 1. The van der Waals surface area contributed by atoms with Crippen molar-refractivity contribution in [3.8, 4) is 11.5 Å². The van der Waals surface area contributed by atoms with Gasteiger partial charge < -0.3 is 9.84 Å². The van der Waals surface area contributed by atoms with E-state index in [9.17, 15) is 28.7 Å². The molecule has 8 nitrogen and oxygen atoms in total. The van der Waals surface area contributed by atoms with Gasteiger partial charge in [-0.1, -0.05) is 29.3 Å². The predicted octanol–water partition coefficient (Wildman–Crippen LogP) is 4.44. The maximum absolute atomic E-state index is 14.3. The van der Waals surface area contributed by atoms with Crippen molar-refractivity contribution in [1.82, 2.24) is 4.90 Å². The van der Waals surface area contributed by atoms with Crippen molar-refractivity contribution in [2.45, 2.75) is 32.6 Å². The Hall–Kier alpha value is -3.72. The van der Waals surface area contributed by atoms with Crippen LogP contribution < -0.4 is 9.64 Å². The third-order valence-electron chi connectivity index (χ3n) is 9.38. The first-order valence-electron chi connectivity index (χ1n) is 13.3. The van der Waals surface area contributed by atoms with Crippen LogP contribution in [0.2, 0.25) is 5.02 Å². The number of phenols is 1. The Morgan fingerprint density at radius 3 is 2.48 bits per heavy atom. The summed E-state index contributed by atoms with van der Waals surface area (Å²) in [5, 5.41) is 10.5. The molecule has 0 bridgehead atoms. The lowest BCUT2D eigenvalue weighted by Gasteiger charge is -2.49. The quantitative estimate of drug-likeness (QED) is 0.433. The Morgan fingerprint density at radius 2 is 1.82 bits per heavy atom. The summed E-state index contributed by atoms with van der Waals surface area (Å²) in [4.78, 5) is 57.3. The second-order valence-electron chi connectivity index (χ2n) is 11.1. The van der Waals surface area contributed by atoms with Crippen LogP contribution in [0.15, 0.2) is 48.0 Å². The zero-order valence-electron chi connectivity index (χ0n) is 22.2. The number of ether oxygens (including phenoxy) is 1. The number of imide groups is 2. The molecule has 208 valence electrons. The monoisotopic (exact) mass is 566 g/mol. The van der Waals surface area contributed by atoms with Gasteiger partial charge in [0.05, 0.1) is 41.0 Å². The number of likely N-dealkylation sites (tertiary alicyclic amines) is 1. The number of benzene rings is 2. The fraction of sp³-hybridized carbons (Fsp3) is 0.400. The summed E-state index contributed by atoms with van der Waals surface area (Å²) in [7, 11) is 1.43. The number of carbonyl (C=O) groups excluding carboxylic acids is 4. The molecule has 6 rings (SSSR count). The van der Waals surface area contributed by atoms with E-state index in [4.69, 9.17) is 16.3 Å². The Bertz CT molecular complexity index is 1520. The minimum absolute atomic E-state index is 0.125. The smallest absolute Gasteiger partial charge is 0.241 e. The molecule has 2 aliphatic heterocycles. The molecule has 0 aromatic heterocycles. The molecule has 2 aromatic rings. The van der Waals surface area contributed by atoms with E-state index in [0.29, 0.717) is 12.0 Å². The minimum atomic E-state index is -1.29. The number of hydrogen-bond acceptors (Lipinski definition) is 6. The van der Waals surface area contributed by atoms with E-state index in [0.717, 1.165) is 16.5 Å². The zero-order chi connectivity index (χ0) is 28.7. The largest absolute Gasteiger partial charge is 0.504 e. The van der Waals surface area contributed by atoms with Crippen LogP contribution in [0.5, 0.6) is 11.5 Å². The molecule has 2 aromatic carbocycles. The fourth-order valence-corrected chi connectivity index (χ4v) is 7.70. The van der Waals surface area contributed by atoms with Gasteiger partial charge in [0, 0.05) is 12.5 Å². The van der Waals surface area contributed by atoms with E-state index in [1.807, 2.05) is 6.08 Å². The van der Waals surface area contributed by atoms with E-state index in [1.165, 1.54) is 30.2 Å². The van der Waals surface area contributed by atoms with Crippen molar-refractivity contribution < 1.29 is 33.4 Å². The Balaban J connectivity index is 1.53. The SMILES string of the molecule is CCN1C(=O)[C@H]2[C@H](CC=C3[C@H]2C[C@H]2C(=O)N(c4ccc(F)c(Cl)c4)C(=O)[C@@]2(C)[C@H]3c2ccc(OC)c(O)c2)C1=O. The van der Waals surface area contributed by atoms with Crippen LogP contribution in [0.4, 0.5) is 10.1 Å². The maximum Gasteiger partial charge on any atom is 0.241 e. The Morgan fingerprint density at radius 1 is 1.07 bits per heavy atom. The number of nitrogens with zero attached hydrogens (tertiary/aromatic N) is 2. The summed E-state index contributed by atoms with van der Waals surface area (Å²) in [6, 6.07) is 8.57. The van der Waals surface area contributed by atoms with Crippen molar-refractivity contribution in [1.29, 1.82) is 0 Å². The van der Waals surface area contributed by atoms with Gasteiger partial charge in [-0.25, -0.2) is 9.29 Å². The maximum atomic E-state index is 14.3. The van der Waals surface area contributed by atoms with Crippen LogP contribution in [-0.4, -0.2) is 47.3 Å². The summed E-state index contributed by atoms with van der Waals surface area (Å²) >= 11 is 6.02. The number of aromatic hydroxyl groups is 1. The van der Waals surface area contributed by atoms with E-state index in [-0.39, 0.29) is 47.0 Å². The first-order chi connectivity index (χ1) is 19.0. The number of fused-ring (bicyclic) bond motifs is 4. The summed E-state index contributed by atoms with van der Waals surface area (Å²) in [5.74, 6) is -5.08. The normalized spacial score (nSPS) is 31.2. The summed E-state index contributed by atoms with van der Waals surface area (Å²) in [5.41, 5.74) is 0.269. The summed E-state index contributed by atoms with van der Waals surface area (Å²) in [6.45, 7) is 3.76. The molecular weight excluding hydrogens is 539 g/mol. The minimum Gasteiger partial charge on any atom is -0.504 e. The molecule has 3 fully saturated rings. The van der Waals surface area contributed by atoms with Crippen molar-refractivity contribution >= 4 is 40.9 Å². The molecule has 6 atom stereocenters. The topological polar surface area (TPSA) is 104 Å². The molecule has 2 heterocycles. The van der Waals surface area contributed by atoms with Crippen LogP contribution in [0, 0.1) is 34.9 Å². The molecule has 40 heavy (non-hydrogen) atoms. The molecule has 1 saturated carbocycles. The number of halogens is 2. The lowest BCUT2D eigenvalue weighted by molar-refractivity contribution is -0.140. The zero-order valence-corrected chi connectivity index (χ0v) is 22.9. The van der Waals surface area contributed by atoms with Crippen LogP contribution in [0.25, 0.3) is 0 Å². The number of phenolic OH excluding ortho intramolecular Hbond substituents is 1. The van der Waals surface area contributed by atoms with Gasteiger partial charge in [-0.15, -0.1) is 0 Å². The van der Waals surface area contributed by atoms with Gasteiger partial charge in [-0.3, -0.25) is 24.1 Å². The predicted molar refractivity (Wildman–Crippen MR) is 143 cm³/mol. The number of anilines is 1. The molecule has 0 spiro atoms. The van der Waals surface area contributed by atoms with Gasteiger partial charge >= 0.3 is 0 Å². The number of rotatable bonds is 4. The average molecular weight is 567 g/mol. The average Bonchev–Trinajstić information content (AvgIpc) is 3.29. The van der Waals surface area contributed by atoms with Gasteiger partial charge in [0.25, 0.3) is 0 Å². The highest BCUT2D eigenvalue weighted by molar-refractivity contribution is 6.31. The molecular formula is C30H28ClFN2O6. The van der Waals surface area contributed by atoms with Crippen molar-refractivity contribution in [3.05, 3.63) is 64.5 Å². The molecule has 2 aliphatic carbocycles. The molecule has 10 heteroatoms. The van der Waals surface area contributed by atoms with E-state index < -0.39 is 52.6 Å². The van der Waals surface area contributed by atoms with Gasteiger partial charge in [0.2, 0.25) is 23.6 Å². The van der Waals surface area contributed by atoms with Crippen molar-refractivity contribution in [2.24, 2.45) is 29.1 Å². The van der Waals surface area contributed by atoms with Crippen molar-refractivity contribution in [3.63, 3.8) is 0 Å². The summed E-state index contributed by atoms with van der Waals surface area (Å²) < 4.78 is 19.2. The highest BCUT2D eigenvalue weighted by atomic mass is 35.5. The highest BCUT2D eigenvalue weighted by Crippen LogP contribution is 2.63. The van der Waals surface area contributed by atoms with E-state index in [1.54, 1.807) is 26.0 Å². The fourth-order valence-electron chi connectivity index (χ4n) is 7.53. The third-order valence-corrected chi connectivity index (χ3v) is 9.67. The van der Waals surface area contributed by atoms with Gasteiger partial charge in [0.1, 0.15) is 5.82 Å². The van der Waals surface area contributed by atoms with Crippen LogP contribution in [0.3, 0.4) is 0 Å². The number of amides is 4. The molecule has 2 saturated heterocycles.